The fraction of sp³-hybridized carbons (Fsp3) is 0.308. The highest BCUT2D eigenvalue weighted by molar-refractivity contribution is 5.76. The monoisotopic (exact) mass is 528 g/mol. The Hall–Kier alpha value is -3.47. The van der Waals surface area contributed by atoms with E-state index in [0.29, 0.717) is 24.1 Å². The number of halogens is 7. The largest absolute Gasteiger partial charge is 0.416 e. The third-order valence-electron chi connectivity index (χ3n) is 5.49. The molecule has 0 aliphatic carbocycles. The van der Waals surface area contributed by atoms with Crippen LogP contribution in [0.3, 0.4) is 0 Å². The summed E-state index contributed by atoms with van der Waals surface area (Å²) in [5.74, 6) is -1.30. The summed E-state index contributed by atoms with van der Waals surface area (Å²) in [6.07, 6.45) is -6.05. The third-order valence-corrected chi connectivity index (χ3v) is 5.49. The number of rotatable bonds is 10. The number of aryl methyl sites for hydroxylation is 1. The molecule has 0 bridgehead atoms. The summed E-state index contributed by atoms with van der Waals surface area (Å²) in [6.45, 7) is -0.611. The summed E-state index contributed by atoms with van der Waals surface area (Å²) >= 11 is 0. The molecule has 0 aliphatic rings. The van der Waals surface area contributed by atoms with E-state index in [4.69, 9.17) is 4.74 Å². The Morgan fingerprint density at radius 1 is 0.919 bits per heavy atom. The lowest BCUT2D eigenvalue weighted by atomic mass is 9.99. The maximum atomic E-state index is 13.4. The first-order valence-corrected chi connectivity index (χ1v) is 11.2. The number of amides is 1. The Balaban J connectivity index is 1.66. The molecule has 0 saturated heterocycles. The first-order chi connectivity index (χ1) is 17.4. The van der Waals surface area contributed by atoms with Crippen LogP contribution >= 0.6 is 0 Å². The van der Waals surface area contributed by atoms with Crippen LogP contribution in [0.4, 0.5) is 30.7 Å². The normalized spacial score (nSPS) is 12.8. The minimum atomic E-state index is -4.97. The Morgan fingerprint density at radius 2 is 1.57 bits per heavy atom. The zero-order valence-corrected chi connectivity index (χ0v) is 19.4. The smallest absolute Gasteiger partial charge is 0.376 e. The van der Waals surface area contributed by atoms with Gasteiger partial charge in [0.15, 0.2) is 0 Å². The molecular weight excluding hydrogens is 505 g/mol. The Bertz CT molecular complexity index is 1130. The minimum Gasteiger partial charge on any atom is -0.376 e. The number of carbonyl (C=O) groups is 1. The molecule has 3 rings (SSSR count). The predicted molar refractivity (Wildman–Crippen MR) is 121 cm³/mol. The highest BCUT2D eigenvalue weighted by atomic mass is 19.4. The van der Waals surface area contributed by atoms with Gasteiger partial charge in [0, 0.05) is 31.3 Å². The lowest BCUT2D eigenvalue weighted by Gasteiger charge is -2.19. The van der Waals surface area contributed by atoms with E-state index in [9.17, 15) is 35.5 Å². The number of ether oxygens (including phenoxy) is 1. The van der Waals surface area contributed by atoms with Crippen LogP contribution in [0.1, 0.15) is 40.2 Å². The Labute approximate surface area is 208 Å². The predicted octanol–water partition coefficient (Wildman–Crippen LogP) is 6.31. The molecular formula is C26H23F7N2O2. The van der Waals surface area contributed by atoms with Gasteiger partial charge in [-0.2, -0.15) is 26.3 Å². The lowest BCUT2D eigenvalue weighted by molar-refractivity contribution is -0.143. The maximum absolute atomic E-state index is 13.4. The zero-order valence-electron chi connectivity index (χ0n) is 19.4. The fourth-order valence-electron chi connectivity index (χ4n) is 3.56. The summed E-state index contributed by atoms with van der Waals surface area (Å²) < 4.78 is 97.5. The number of benzene rings is 2. The topological polar surface area (TPSA) is 51.2 Å². The van der Waals surface area contributed by atoms with Gasteiger partial charge in [-0.15, -0.1) is 0 Å². The van der Waals surface area contributed by atoms with E-state index in [2.05, 4.69) is 10.3 Å². The van der Waals surface area contributed by atoms with Crippen molar-refractivity contribution in [2.75, 3.05) is 13.2 Å². The van der Waals surface area contributed by atoms with Gasteiger partial charge in [0.2, 0.25) is 5.91 Å². The van der Waals surface area contributed by atoms with Gasteiger partial charge in [-0.25, -0.2) is 4.39 Å². The van der Waals surface area contributed by atoms with Crippen molar-refractivity contribution in [2.24, 2.45) is 0 Å². The molecule has 1 N–H and O–H groups in total. The molecule has 11 heteroatoms. The SMILES string of the molecule is O=C(CCc1cccnc1)NCC(COCc1cc(C(F)(F)F)cc(C(F)(F)F)c1)c1ccc(F)cc1. The number of hydrogen-bond donors (Lipinski definition) is 1. The van der Waals surface area contributed by atoms with E-state index in [0.717, 1.165) is 5.56 Å². The summed E-state index contributed by atoms with van der Waals surface area (Å²) in [7, 11) is 0. The van der Waals surface area contributed by atoms with E-state index in [1.54, 1.807) is 18.5 Å². The lowest BCUT2D eigenvalue weighted by Crippen LogP contribution is -2.30. The molecule has 1 heterocycles. The number of hydrogen-bond acceptors (Lipinski definition) is 3. The highest BCUT2D eigenvalue weighted by Gasteiger charge is 2.36. The molecule has 4 nitrogen and oxygen atoms in total. The molecule has 3 aromatic rings. The van der Waals surface area contributed by atoms with Gasteiger partial charge in [-0.05, 0) is 59.5 Å². The van der Waals surface area contributed by atoms with Crippen LogP contribution in [0, 0.1) is 5.82 Å². The quantitative estimate of drug-likeness (QED) is 0.314. The van der Waals surface area contributed by atoms with Crippen molar-refractivity contribution in [1.82, 2.24) is 10.3 Å². The van der Waals surface area contributed by atoms with Crippen LogP contribution in [0.25, 0.3) is 0 Å². The van der Waals surface area contributed by atoms with Crippen LogP contribution in [0.5, 0.6) is 0 Å². The van der Waals surface area contributed by atoms with Crippen molar-refractivity contribution in [2.45, 2.75) is 37.7 Å². The first kappa shape index (κ1) is 28.1. The molecule has 198 valence electrons. The van der Waals surface area contributed by atoms with Crippen molar-refractivity contribution in [3.63, 3.8) is 0 Å². The van der Waals surface area contributed by atoms with Crippen LogP contribution in [0.2, 0.25) is 0 Å². The van der Waals surface area contributed by atoms with Crippen molar-refractivity contribution in [3.8, 4) is 0 Å². The number of aromatic nitrogens is 1. The van der Waals surface area contributed by atoms with Gasteiger partial charge in [-0.3, -0.25) is 9.78 Å². The molecule has 0 saturated carbocycles. The third kappa shape index (κ3) is 8.85. The molecule has 0 aliphatic heterocycles. The van der Waals surface area contributed by atoms with Gasteiger partial charge >= 0.3 is 12.4 Å². The average molecular weight is 528 g/mol. The van der Waals surface area contributed by atoms with Gasteiger partial charge in [-0.1, -0.05) is 18.2 Å². The standard InChI is InChI=1S/C26H23F7N2O2/c27-23-6-4-19(5-7-23)20(14-35-24(36)8-3-17-2-1-9-34-13-17)16-37-15-18-10-21(25(28,29)30)12-22(11-18)26(31,32)33/h1-2,4-7,9-13,20H,3,8,14-16H2,(H,35,36). The van der Waals surface area contributed by atoms with Crippen LogP contribution in [-0.4, -0.2) is 24.0 Å². The summed E-state index contributed by atoms with van der Waals surface area (Å²) in [5.41, 5.74) is -1.72. The molecule has 37 heavy (non-hydrogen) atoms. The maximum Gasteiger partial charge on any atom is 0.416 e. The Morgan fingerprint density at radius 3 is 2.14 bits per heavy atom. The summed E-state index contributed by atoms with van der Waals surface area (Å²) in [6, 6.07) is 10.2. The molecule has 0 spiro atoms. The number of pyridine rings is 1. The molecule has 1 amide bonds. The van der Waals surface area contributed by atoms with Gasteiger partial charge < -0.3 is 10.1 Å². The van der Waals surface area contributed by atoms with Crippen molar-refractivity contribution < 1.29 is 40.3 Å². The summed E-state index contributed by atoms with van der Waals surface area (Å²) in [5, 5.41) is 2.74. The molecule has 1 aromatic heterocycles. The van der Waals surface area contributed by atoms with Crippen molar-refractivity contribution in [1.29, 1.82) is 0 Å². The van der Waals surface area contributed by atoms with E-state index < -0.39 is 41.8 Å². The number of nitrogens with zero attached hydrogens (tertiary/aromatic N) is 1. The summed E-state index contributed by atoms with van der Waals surface area (Å²) in [4.78, 5) is 16.3. The highest BCUT2D eigenvalue weighted by Crippen LogP contribution is 2.36. The van der Waals surface area contributed by atoms with Crippen molar-refractivity contribution in [3.05, 3.63) is 101 Å². The van der Waals surface area contributed by atoms with Gasteiger partial charge in [0.25, 0.3) is 0 Å². The minimum absolute atomic E-state index is 0.0475. The molecule has 1 atom stereocenters. The van der Waals surface area contributed by atoms with Gasteiger partial charge in [0.05, 0.1) is 24.3 Å². The van der Waals surface area contributed by atoms with Gasteiger partial charge in [0.1, 0.15) is 5.82 Å². The molecule has 0 radical (unpaired) electrons. The first-order valence-electron chi connectivity index (χ1n) is 11.2. The molecule has 1 unspecified atom stereocenters. The molecule has 2 aromatic carbocycles. The molecule has 0 fully saturated rings. The van der Waals surface area contributed by atoms with Crippen LogP contribution in [-0.2, 0) is 34.9 Å². The van der Waals surface area contributed by atoms with Crippen LogP contribution < -0.4 is 5.32 Å². The number of alkyl halides is 6. The number of carbonyl (C=O) groups excluding carboxylic acids is 1. The van der Waals surface area contributed by atoms with E-state index in [1.165, 1.54) is 24.3 Å². The second-order valence-electron chi connectivity index (χ2n) is 8.34. The number of nitrogens with one attached hydrogen (secondary N) is 1. The zero-order chi connectivity index (χ0) is 27.1. The second kappa shape index (κ2) is 12.2. The van der Waals surface area contributed by atoms with Crippen LogP contribution in [0.15, 0.2) is 67.0 Å². The second-order valence-corrected chi connectivity index (χ2v) is 8.34. The average Bonchev–Trinajstić information content (AvgIpc) is 2.85. The van der Waals surface area contributed by atoms with E-state index >= 15 is 0 Å². The fourth-order valence-corrected chi connectivity index (χ4v) is 3.56. The van der Waals surface area contributed by atoms with E-state index in [-0.39, 0.29) is 37.1 Å². The van der Waals surface area contributed by atoms with Crippen molar-refractivity contribution >= 4 is 5.91 Å². The van der Waals surface area contributed by atoms with E-state index in [1.807, 2.05) is 6.07 Å². The Kier molecular flexibility index (Phi) is 9.25.